The van der Waals surface area contributed by atoms with E-state index < -0.39 is 0 Å². The van der Waals surface area contributed by atoms with Gasteiger partial charge in [0.2, 0.25) is 0 Å². The SMILES string of the molecule is CN1CCCC1CNc1cncc(Br)c1. The van der Waals surface area contributed by atoms with Crippen molar-refractivity contribution in [1.29, 1.82) is 0 Å². The minimum atomic E-state index is 0.670. The molecule has 0 amide bonds. The maximum atomic E-state index is 4.13. The molecule has 1 fully saturated rings. The fraction of sp³-hybridized carbons (Fsp3) is 0.545. The zero-order valence-corrected chi connectivity index (χ0v) is 10.5. The number of nitrogens with zero attached hydrogens (tertiary/aromatic N) is 2. The lowest BCUT2D eigenvalue weighted by atomic mass is 10.2. The van der Waals surface area contributed by atoms with Gasteiger partial charge in [-0.2, -0.15) is 0 Å². The van der Waals surface area contributed by atoms with Crippen LogP contribution in [0.15, 0.2) is 22.9 Å². The summed E-state index contributed by atoms with van der Waals surface area (Å²) in [6, 6.07) is 2.73. The average molecular weight is 270 g/mol. The molecule has 0 aliphatic carbocycles. The third-order valence-electron chi connectivity index (χ3n) is 2.92. The highest BCUT2D eigenvalue weighted by Gasteiger charge is 2.19. The van der Waals surface area contributed by atoms with Crippen molar-refractivity contribution in [3.05, 3.63) is 22.9 Å². The summed E-state index contributed by atoms with van der Waals surface area (Å²) in [4.78, 5) is 6.54. The molecule has 1 atom stereocenters. The van der Waals surface area contributed by atoms with Gasteiger partial charge in [-0.25, -0.2) is 0 Å². The molecule has 1 N–H and O–H groups in total. The van der Waals surface area contributed by atoms with E-state index in [2.05, 4.69) is 44.2 Å². The van der Waals surface area contributed by atoms with E-state index in [1.165, 1.54) is 19.4 Å². The molecule has 1 unspecified atom stereocenters. The van der Waals surface area contributed by atoms with Crippen LogP contribution in [0.4, 0.5) is 5.69 Å². The Labute approximate surface area is 99.0 Å². The Kier molecular flexibility index (Phi) is 3.59. The summed E-state index contributed by atoms with van der Waals surface area (Å²) in [6.07, 6.45) is 6.27. The van der Waals surface area contributed by atoms with Gasteiger partial charge in [-0.1, -0.05) is 0 Å². The van der Waals surface area contributed by atoms with E-state index >= 15 is 0 Å². The van der Waals surface area contributed by atoms with Gasteiger partial charge in [0.1, 0.15) is 0 Å². The zero-order valence-electron chi connectivity index (χ0n) is 8.91. The standard InChI is InChI=1S/C11H16BrN3/c1-15-4-2-3-11(15)8-14-10-5-9(12)6-13-7-10/h5-7,11,14H,2-4,8H2,1H3. The number of likely N-dealkylation sites (N-methyl/N-ethyl adjacent to an activating group) is 1. The van der Waals surface area contributed by atoms with Crippen LogP contribution in [0, 0.1) is 0 Å². The maximum Gasteiger partial charge on any atom is 0.0538 e. The topological polar surface area (TPSA) is 28.2 Å². The van der Waals surface area contributed by atoms with Gasteiger partial charge in [0.05, 0.1) is 11.9 Å². The van der Waals surface area contributed by atoms with Crippen LogP contribution in [-0.4, -0.2) is 36.1 Å². The van der Waals surface area contributed by atoms with Crippen LogP contribution in [0.25, 0.3) is 0 Å². The van der Waals surface area contributed by atoms with Gasteiger partial charge in [0.15, 0.2) is 0 Å². The number of hydrogen-bond acceptors (Lipinski definition) is 3. The third kappa shape index (κ3) is 2.92. The maximum absolute atomic E-state index is 4.13. The number of pyridine rings is 1. The number of anilines is 1. The molecule has 1 aliphatic heterocycles. The smallest absolute Gasteiger partial charge is 0.0538 e. The molecule has 1 aromatic heterocycles. The molecule has 0 spiro atoms. The van der Waals surface area contributed by atoms with Crippen LogP contribution in [-0.2, 0) is 0 Å². The molecule has 1 aromatic rings. The predicted octanol–water partition coefficient (Wildman–Crippen LogP) is 2.35. The largest absolute Gasteiger partial charge is 0.382 e. The Morgan fingerprint density at radius 2 is 2.47 bits per heavy atom. The molecular weight excluding hydrogens is 254 g/mol. The van der Waals surface area contributed by atoms with Crippen LogP contribution in [0.2, 0.25) is 0 Å². The molecule has 0 saturated carbocycles. The van der Waals surface area contributed by atoms with Crippen molar-refractivity contribution >= 4 is 21.6 Å². The molecule has 15 heavy (non-hydrogen) atoms. The van der Waals surface area contributed by atoms with Crippen LogP contribution < -0.4 is 5.32 Å². The Morgan fingerprint density at radius 1 is 1.60 bits per heavy atom. The van der Waals surface area contributed by atoms with Crippen molar-refractivity contribution in [3.8, 4) is 0 Å². The monoisotopic (exact) mass is 269 g/mol. The van der Waals surface area contributed by atoms with Crippen molar-refractivity contribution in [3.63, 3.8) is 0 Å². The lowest BCUT2D eigenvalue weighted by Gasteiger charge is -2.20. The summed E-state index contributed by atoms with van der Waals surface area (Å²) in [6.45, 7) is 2.23. The number of aromatic nitrogens is 1. The third-order valence-corrected chi connectivity index (χ3v) is 3.35. The number of nitrogens with one attached hydrogen (secondary N) is 1. The first-order chi connectivity index (χ1) is 7.25. The van der Waals surface area contributed by atoms with E-state index in [1.54, 1.807) is 6.20 Å². The Bertz CT molecular complexity index is 329. The minimum absolute atomic E-state index is 0.670. The van der Waals surface area contributed by atoms with Gasteiger partial charge in [-0.05, 0) is 48.4 Å². The highest BCUT2D eigenvalue weighted by molar-refractivity contribution is 9.10. The van der Waals surface area contributed by atoms with Crippen LogP contribution in [0.1, 0.15) is 12.8 Å². The second-order valence-electron chi connectivity index (χ2n) is 4.05. The fourth-order valence-electron chi connectivity index (χ4n) is 1.98. The van der Waals surface area contributed by atoms with Gasteiger partial charge in [-0.15, -0.1) is 0 Å². The second kappa shape index (κ2) is 4.94. The van der Waals surface area contributed by atoms with E-state index in [-0.39, 0.29) is 0 Å². The molecule has 0 bridgehead atoms. The van der Waals surface area contributed by atoms with E-state index in [0.717, 1.165) is 16.7 Å². The van der Waals surface area contributed by atoms with Crippen molar-refractivity contribution in [2.45, 2.75) is 18.9 Å². The number of hydrogen-bond donors (Lipinski definition) is 1. The molecule has 2 rings (SSSR count). The van der Waals surface area contributed by atoms with Gasteiger partial charge in [0.25, 0.3) is 0 Å². The quantitative estimate of drug-likeness (QED) is 0.913. The first-order valence-electron chi connectivity index (χ1n) is 5.30. The van der Waals surface area contributed by atoms with Gasteiger partial charge in [0, 0.05) is 23.3 Å². The van der Waals surface area contributed by atoms with Gasteiger partial charge in [-0.3, -0.25) is 4.98 Å². The van der Waals surface area contributed by atoms with Crippen molar-refractivity contribution in [2.75, 3.05) is 25.5 Å². The summed E-state index contributed by atoms with van der Waals surface area (Å²) in [5.41, 5.74) is 1.09. The number of likely N-dealkylation sites (tertiary alicyclic amines) is 1. The Morgan fingerprint density at radius 3 is 3.13 bits per heavy atom. The minimum Gasteiger partial charge on any atom is -0.382 e. The van der Waals surface area contributed by atoms with Crippen LogP contribution in [0.5, 0.6) is 0 Å². The lowest BCUT2D eigenvalue weighted by molar-refractivity contribution is 0.322. The zero-order chi connectivity index (χ0) is 10.7. The van der Waals surface area contributed by atoms with Gasteiger partial charge < -0.3 is 10.2 Å². The Balaban J connectivity index is 1.87. The summed E-state index contributed by atoms with van der Waals surface area (Å²) in [5, 5.41) is 3.42. The van der Waals surface area contributed by atoms with E-state index in [0.29, 0.717) is 6.04 Å². The number of rotatable bonds is 3. The van der Waals surface area contributed by atoms with Gasteiger partial charge >= 0.3 is 0 Å². The summed E-state index contributed by atoms with van der Waals surface area (Å²) >= 11 is 3.41. The summed E-state index contributed by atoms with van der Waals surface area (Å²) in [5.74, 6) is 0. The van der Waals surface area contributed by atoms with Crippen LogP contribution >= 0.6 is 15.9 Å². The van der Waals surface area contributed by atoms with E-state index in [9.17, 15) is 0 Å². The van der Waals surface area contributed by atoms with Crippen molar-refractivity contribution < 1.29 is 0 Å². The highest BCUT2D eigenvalue weighted by Crippen LogP contribution is 2.17. The summed E-state index contributed by atoms with van der Waals surface area (Å²) < 4.78 is 1.02. The molecule has 1 saturated heterocycles. The Hall–Kier alpha value is -0.610. The average Bonchev–Trinajstić information content (AvgIpc) is 2.61. The number of halogens is 1. The highest BCUT2D eigenvalue weighted by atomic mass is 79.9. The van der Waals surface area contributed by atoms with E-state index in [4.69, 9.17) is 0 Å². The molecule has 82 valence electrons. The second-order valence-corrected chi connectivity index (χ2v) is 4.97. The molecule has 3 nitrogen and oxygen atoms in total. The lowest BCUT2D eigenvalue weighted by Crippen LogP contribution is -2.31. The molecule has 4 heteroatoms. The molecule has 0 radical (unpaired) electrons. The van der Waals surface area contributed by atoms with Crippen molar-refractivity contribution in [2.24, 2.45) is 0 Å². The van der Waals surface area contributed by atoms with Crippen LogP contribution in [0.3, 0.4) is 0 Å². The summed E-state index contributed by atoms with van der Waals surface area (Å²) in [7, 11) is 2.19. The molecule has 1 aliphatic rings. The first-order valence-corrected chi connectivity index (χ1v) is 6.09. The van der Waals surface area contributed by atoms with Crippen molar-refractivity contribution in [1.82, 2.24) is 9.88 Å². The molecule has 2 heterocycles. The molecule has 0 aromatic carbocycles. The predicted molar refractivity (Wildman–Crippen MR) is 66.1 cm³/mol. The van der Waals surface area contributed by atoms with E-state index in [1.807, 2.05) is 6.20 Å². The normalized spacial score (nSPS) is 21.9. The first kappa shape index (κ1) is 10.9. The fourth-order valence-corrected chi connectivity index (χ4v) is 2.35. The molecular formula is C11H16BrN3.